The average Bonchev–Trinajstić information content (AvgIpc) is 3.21. The molecule has 0 radical (unpaired) electrons. The average molecular weight is 547 g/mol. The van der Waals surface area contributed by atoms with Gasteiger partial charge in [0.2, 0.25) is 0 Å². The van der Waals surface area contributed by atoms with Crippen molar-refractivity contribution in [3.05, 3.63) is 66.0 Å². The molecule has 0 spiro atoms. The molecule has 4 rings (SSSR count). The van der Waals surface area contributed by atoms with Crippen molar-refractivity contribution in [1.29, 1.82) is 0 Å². The van der Waals surface area contributed by atoms with Gasteiger partial charge in [0.15, 0.2) is 5.96 Å². The van der Waals surface area contributed by atoms with Crippen LogP contribution < -0.4 is 10.6 Å². The third kappa shape index (κ3) is 6.68. The van der Waals surface area contributed by atoms with Crippen LogP contribution in [-0.4, -0.2) is 53.0 Å². The molecular weight excluding hydrogens is 511 g/mol. The summed E-state index contributed by atoms with van der Waals surface area (Å²) in [5.74, 6) is 1.95. The zero-order chi connectivity index (χ0) is 21.5. The summed E-state index contributed by atoms with van der Waals surface area (Å²) in [6.07, 6.45) is 4.20. The summed E-state index contributed by atoms with van der Waals surface area (Å²) in [5.41, 5.74) is 3.54. The number of hydrogen-bond donors (Lipinski definition) is 3. The van der Waals surface area contributed by atoms with Crippen molar-refractivity contribution in [2.75, 3.05) is 20.1 Å². The molecule has 6 nitrogen and oxygen atoms in total. The number of nitrogens with zero attached hydrogens (tertiary/aromatic N) is 3. The molecule has 1 aliphatic heterocycles. The number of H-pyrrole nitrogens is 1. The van der Waals surface area contributed by atoms with Gasteiger partial charge in [-0.1, -0.05) is 42.5 Å². The van der Waals surface area contributed by atoms with Gasteiger partial charge in [-0.15, -0.1) is 24.0 Å². The minimum absolute atomic E-state index is 0. The lowest BCUT2D eigenvalue weighted by atomic mass is 9.97. The van der Waals surface area contributed by atoms with Crippen molar-refractivity contribution in [3.63, 3.8) is 0 Å². The first-order valence-electron chi connectivity index (χ1n) is 11.4. The SMILES string of the molecule is CN=C(NCCCc1nc2ccccc2[nH]1)NC1CCN(Cc2ccccc2)C(C)C1.I. The number of likely N-dealkylation sites (tertiary alicyclic amines) is 1. The Labute approximate surface area is 208 Å². The van der Waals surface area contributed by atoms with Crippen LogP contribution in [-0.2, 0) is 13.0 Å². The number of benzene rings is 2. The third-order valence-corrected chi connectivity index (χ3v) is 6.13. The second-order valence-electron chi connectivity index (χ2n) is 8.47. The van der Waals surface area contributed by atoms with Crippen LogP contribution in [0, 0.1) is 0 Å². The molecule has 2 aromatic carbocycles. The van der Waals surface area contributed by atoms with Crippen molar-refractivity contribution in [3.8, 4) is 0 Å². The van der Waals surface area contributed by atoms with E-state index in [-0.39, 0.29) is 24.0 Å². The Morgan fingerprint density at radius 1 is 1.16 bits per heavy atom. The van der Waals surface area contributed by atoms with Crippen LogP contribution in [0.5, 0.6) is 0 Å². The van der Waals surface area contributed by atoms with Gasteiger partial charge < -0.3 is 15.6 Å². The first-order chi connectivity index (χ1) is 15.2. The van der Waals surface area contributed by atoms with Gasteiger partial charge >= 0.3 is 0 Å². The summed E-state index contributed by atoms with van der Waals surface area (Å²) in [4.78, 5) is 15.1. The van der Waals surface area contributed by atoms with E-state index in [9.17, 15) is 0 Å². The van der Waals surface area contributed by atoms with Gasteiger partial charge in [-0.05, 0) is 43.9 Å². The van der Waals surface area contributed by atoms with Gasteiger partial charge in [-0.3, -0.25) is 9.89 Å². The van der Waals surface area contributed by atoms with Crippen molar-refractivity contribution < 1.29 is 0 Å². The maximum absolute atomic E-state index is 4.65. The first-order valence-corrected chi connectivity index (χ1v) is 11.4. The normalized spacial score (nSPS) is 19.5. The smallest absolute Gasteiger partial charge is 0.191 e. The number of aliphatic imine (C=N–C) groups is 1. The van der Waals surface area contributed by atoms with Crippen LogP contribution in [0.25, 0.3) is 11.0 Å². The fraction of sp³-hybridized carbons (Fsp3) is 0.440. The van der Waals surface area contributed by atoms with Crippen LogP contribution in [0.2, 0.25) is 0 Å². The fourth-order valence-corrected chi connectivity index (χ4v) is 4.38. The van der Waals surface area contributed by atoms with Crippen molar-refractivity contribution in [2.45, 2.75) is 51.2 Å². The molecule has 7 heteroatoms. The van der Waals surface area contributed by atoms with Crippen LogP contribution in [0.1, 0.15) is 37.6 Å². The summed E-state index contributed by atoms with van der Waals surface area (Å²) >= 11 is 0. The molecular formula is C25H35IN6. The number of rotatable bonds is 7. The van der Waals surface area contributed by atoms with Crippen LogP contribution in [0.4, 0.5) is 0 Å². The second kappa shape index (κ2) is 12.2. The van der Waals surface area contributed by atoms with Gasteiger partial charge in [0, 0.05) is 45.2 Å². The van der Waals surface area contributed by atoms with E-state index in [2.05, 4.69) is 73.8 Å². The van der Waals surface area contributed by atoms with E-state index in [1.54, 1.807) is 0 Å². The number of aryl methyl sites for hydroxylation is 1. The number of piperidine rings is 1. The Hall–Kier alpha value is -2.13. The molecule has 1 saturated heterocycles. The number of imidazole rings is 1. The minimum Gasteiger partial charge on any atom is -0.356 e. The highest BCUT2D eigenvalue weighted by Gasteiger charge is 2.25. The van der Waals surface area contributed by atoms with Crippen LogP contribution >= 0.6 is 24.0 Å². The number of halogens is 1. The standard InChI is InChI=1S/C25H34N6.HI/c1-19-17-21(14-16-31(19)18-20-9-4-3-5-10-20)28-25(26-2)27-15-8-13-24-29-22-11-6-7-12-23(22)30-24;/h3-7,9-12,19,21H,8,13-18H2,1-2H3,(H,29,30)(H2,26,27,28);1H. The van der Waals surface area contributed by atoms with Crippen molar-refractivity contribution in [1.82, 2.24) is 25.5 Å². The van der Waals surface area contributed by atoms with E-state index < -0.39 is 0 Å². The Bertz CT molecular complexity index is 953. The number of para-hydroxylation sites is 2. The largest absolute Gasteiger partial charge is 0.356 e. The summed E-state index contributed by atoms with van der Waals surface area (Å²) in [5, 5.41) is 7.10. The molecule has 2 atom stereocenters. The van der Waals surface area contributed by atoms with Gasteiger partial charge in [-0.25, -0.2) is 4.98 Å². The molecule has 0 amide bonds. The van der Waals surface area contributed by atoms with E-state index in [1.807, 2.05) is 25.2 Å². The Balaban J connectivity index is 0.00000289. The predicted molar refractivity (Wildman–Crippen MR) is 144 cm³/mol. The Kier molecular flexibility index (Phi) is 9.35. The number of guanidine groups is 1. The minimum atomic E-state index is 0. The number of aromatic amines is 1. The highest BCUT2D eigenvalue weighted by molar-refractivity contribution is 14.0. The quantitative estimate of drug-likeness (QED) is 0.179. The summed E-state index contributed by atoms with van der Waals surface area (Å²) < 4.78 is 0. The molecule has 3 N–H and O–H groups in total. The van der Waals surface area contributed by atoms with Crippen LogP contribution in [0.15, 0.2) is 59.6 Å². The zero-order valence-electron chi connectivity index (χ0n) is 19.1. The summed E-state index contributed by atoms with van der Waals surface area (Å²) in [6.45, 7) is 5.35. The molecule has 32 heavy (non-hydrogen) atoms. The maximum Gasteiger partial charge on any atom is 0.191 e. The molecule has 0 saturated carbocycles. The van der Waals surface area contributed by atoms with Crippen molar-refractivity contribution >= 4 is 41.0 Å². The highest BCUT2D eigenvalue weighted by Crippen LogP contribution is 2.20. The van der Waals surface area contributed by atoms with E-state index >= 15 is 0 Å². The molecule has 1 fully saturated rings. The summed E-state index contributed by atoms with van der Waals surface area (Å²) in [6, 6.07) is 20.0. The molecule has 3 aromatic rings. The number of fused-ring (bicyclic) bond motifs is 1. The Morgan fingerprint density at radius 3 is 2.69 bits per heavy atom. The zero-order valence-corrected chi connectivity index (χ0v) is 21.4. The van der Waals surface area contributed by atoms with Gasteiger partial charge in [0.1, 0.15) is 5.82 Å². The predicted octanol–water partition coefficient (Wildman–Crippen LogP) is 4.33. The lowest BCUT2D eigenvalue weighted by molar-refractivity contribution is 0.134. The second-order valence-corrected chi connectivity index (χ2v) is 8.47. The topological polar surface area (TPSA) is 68.3 Å². The van der Waals surface area contributed by atoms with Gasteiger partial charge in [-0.2, -0.15) is 0 Å². The fourth-order valence-electron chi connectivity index (χ4n) is 4.38. The maximum atomic E-state index is 4.65. The lowest BCUT2D eigenvalue weighted by Gasteiger charge is -2.38. The van der Waals surface area contributed by atoms with E-state index in [0.717, 1.165) is 68.1 Å². The monoisotopic (exact) mass is 546 g/mol. The molecule has 0 bridgehead atoms. The summed E-state index contributed by atoms with van der Waals surface area (Å²) in [7, 11) is 1.85. The number of nitrogens with one attached hydrogen (secondary N) is 3. The molecule has 2 unspecified atom stereocenters. The Morgan fingerprint density at radius 2 is 1.94 bits per heavy atom. The molecule has 172 valence electrons. The third-order valence-electron chi connectivity index (χ3n) is 6.13. The molecule has 0 aliphatic carbocycles. The molecule has 2 heterocycles. The molecule has 1 aliphatic rings. The van der Waals surface area contributed by atoms with Gasteiger partial charge in [0.05, 0.1) is 11.0 Å². The van der Waals surface area contributed by atoms with E-state index in [1.165, 1.54) is 5.56 Å². The number of hydrogen-bond acceptors (Lipinski definition) is 3. The van der Waals surface area contributed by atoms with E-state index in [4.69, 9.17) is 0 Å². The van der Waals surface area contributed by atoms with Crippen LogP contribution in [0.3, 0.4) is 0 Å². The van der Waals surface area contributed by atoms with Gasteiger partial charge in [0.25, 0.3) is 0 Å². The van der Waals surface area contributed by atoms with E-state index in [0.29, 0.717) is 12.1 Å². The van der Waals surface area contributed by atoms with Crippen molar-refractivity contribution in [2.24, 2.45) is 4.99 Å². The lowest BCUT2D eigenvalue weighted by Crippen LogP contribution is -2.51. The number of aromatic nitrogens is 2. The molecule has 1 aromatic heterocycles. The first kappa shape index (κ1) is 24.5. The highest BCUT2D eigenvalue weighted by atomic mass is 127.